The lowest BCUT2D eigenvalue weighted by molar-refractivity contribution is -0.139. The van der Waals surface area contributed by atoms with Crippen molar-refractivity contribution in [1.82, 2.24) is 0 Å². The van der Waals surface area contributed by atoms with E-state index in [1.807, 2.05) is 6.92 Å². The molecule has 0 spiro atoms. The summed E-state index contributed by atoms with van der Waals surface area (Å²) in [6.45, 7) is 1.84. The summed E-state index contributed by atoms with van der Waals surface area (Å²) in [4.78, 5) is 10.5. The van der Waals surface area contributed by atoms with Crippen LogP contribution < -0.4 is 0 Å². The summed E-state index contributed by atoms with van der Waals surface area (Å²) in [6.07, 6.45) is 1.02. The molecule has 0 unspecified atom stereocenters. The van der Waals surface area contributed by atoms with Crippen molar-refractivity contribution >= 4 is 15.8 Å². The van der Waals surface area contributed by atoms with Gasteiger partial charge in [-0.3, -0.25) is 4.79 Å². The predicted molar refractivity (Wildman–Crippen MR) is 48.2 cm³/mol. The van der Waals surface area contributed by atoms with Crippen molar-refractivity contribution in [2.24, 2.45) is 5.41 Å². The monoisotopic (exact) mass is 206 g/mol. The van der Waals surface area contributed by atoms with Crippen LogP contribution in [-0.2, 0) is 14.6 Å². The van der Waals surface area contributed by atoms with E-state index in [2.05, 4.69) is 0 Å². The second-order valence-corrected chi connectivity index (χ2v) is 6.34. The molecule has 1 fully saturated rings. The summed E-state index contributed by atoms with van der Waals surface area (Å²) in [5.74, 6) is -0.574. The summed E-state index contributed by atoms with van der Waals surface area (Å²) in [5, 5.41) is 8.61. The molecule has 1 N–H and O–H groups in total. The summed E-state index contributed by atoms with van der Waals surface area (Å²) in [6, 6.07) is 0. The molecule has 0 aromatic carbocycles. The highest BCUT2D eigenvalue weighted by atomic mass is 32.2. The van der Waals surface area contributed by atoms with Gasteiger partial charge in [-0.1, -0.05) is 6.92 Å². The Hall–Kier alpha value is -0.580. The largest absolute Gasteiger partial charge is 0.481 e. The van der Waals surface area contributed by atoms with Gasteiger partial charge in [-0.05, 0) is 18.3 Å². The second kappa shape index (κ2) is 3.29. The second-order valence-electron chi connectivity index (χ2n) is 4.03. The maximum absolute atomic E-state index is 11.1. The van der Waals surface area contributed by atoms with Crippen LogP contribution in [0.25, 0.3) is 0 Å². The van der Waals surface area contributed by atoms with Crippen LogP contribution in [0.4, 0.5) is 0 Å². The lowest BCUT2D eigenvalue weighted by Gasteiger charge is -2.31. The van der Waals surface area contributed by atoms with Crippen LogP contribution in [-0.4, -0.2) is 31.0 Å². The van der Waals surface area contributed by atoms with Crippen LogP contribution in [0.1, 0.15) is 26.2 Å². The third kappa shape index (κ3) is 2.99. The van der Waals surface area contributed by atoms with Crippen molar-refractivity contribution in [2.75, 3.05) is 11.5 Å². The molecule has 13 heavy (non-hydrogen) atoms. The molecule has 0 radical (unpaired) electrons. The summed E-state index contributed by atoms with van der Waals surface area (Å²) >= 11 is 0. The van der Waals surface area contributed by atoms with Crippen LogP contribution in [0, 0.1) is 5.41 Å². The molecule has 1 aliphatic rings. The van der Waals surface area contributed by atoms with Crippen LogP contribution in [0.15, 0.2) is 0 Å². The van der Waals surface area contributed by atoms with Gasteiger partial charge in [0.1, 0.15) is 9.84 Å². The maximum Gasteiger partial charge on any atom is 0.303 e. The molecule has 76 valence electrons. The number of aliphatic carboxylic acids is 1. The van der Waals surface area contributed by atoms with Gasteiger partial charge in [-0.25, -0.2) is 8.42 Å². The van der Waals surface area contributed by atoms with Gasteiger partial charge in [-0.15, -0.1) is 0 Å². The van der Waals surface area contributed by atoms with Crippen LogP contribution in [0.2, 0.25) is 0 Å². The van der Waals surface area contributed by atoms with Crippen molar-refractivity contribution < 1.29 is 18.3 Å². The van der Waals surface area contributed by atoms with Gasteiger partial charge in [0.25, 0.3) is 0 Å². The number of sulfone groups is 1. The first kappa shape index (κ1) is 10.5. The molecule has 0 amide bonds. The van der Waals surface area contributed by atoms with E-state index in [1.54, 1.807) is 0 Å². The van der Waals surface area contributed by atoms with Gasteiger partial charge < -0.3 is 5.11 Å². The minimum Gasteiger partial charge on any atom is -0.481 e. The van der Waals surface area contributed by atoms with Crippen LogP contribution in [0.3, 0.4) is 0 Å². The van der Waals surface area contributed by atoms with Crippen LogP contribution >= 0.6 is 0 Å². The Bertz CT molecular complexity index is 290. The molecule has 0 aliphatic carbocycles. The van der Waals surface area contributed by atoms with E-state index in [4.69, 9.17) is 5.11 Å². The topological polar surface area (TPSA) is 71.4 Å². The molecule has 1 heterocycles. The van der Waals surface area contributed by atoms with E-state index in [-0.39, 0.29) is 23.3 Å². The minimum atomic E-state index is -2.88. The summed E-state index contributed by atoms with van der Waals surface area (Å²) in [7, 11) is -2.88. The quantitative estimate of drug-likeness (QED) is 0.721. The van der Waals surface area contributed by atoms with Crippen molar-refractivity contribution in [3.8, 4) is 0 Å². The molecule has 0 aromatic rings. The predicted octanol–water partition coefficient (Wildman–Crippen LogP) is 0.676. The third-order valence-corrected chi connectivity index (χ3v) is 4.26. The molecule has 0 atom stereocenters. The maximum atomic E-state index is 11.1. The first-order valence-electron chi connectivity index (χ1n) is 4.25. The van der Waals surface area contributed by atoms with Gasteiger partial charge in [0.2, 0.25) is 0 Å². The molecule has 5 heteroatoms. The molecule has 0 aromatic heterocycles. The third-order valence-electron chi connectivity index (χ3n) is 2.61. The first-order chi connectivity index (χ1) is 5.83. The first-order valence-corrected chi connectivity index (χ1v) is 6.07. The van der Waals surface area contributed by atoms with E-state index < -0.39 is 15.8 Å². The average Bonchev–Trinajstić information content (AvgIpc) is 1.95. The van der Waals surface area contributed by atoms with Crippen molar-refractivity contribution in [1.29, 1.82) is 0 Å². The number of carbonyl (C=O) groups is 1. The number of carboxylic acid groups (broad SMARTS) is 1. The Morgan fingerprint density at radius 3 is 2.23 bits per heavy atom. The fourth-order valence-electron chi connectivity index (χ4n) is 1.57. The number of hydrogen-bond acceptors (Lipinski definition) is 3. The van der Waals surface area contributed by atoms with Gasteiger partial charge in [0.05, 0.1) is 17.9 Å². The highest BCUT2D eigenvalue weighted by molar-refractivity contribution is 7.91. The highest BCUT2D eigenvalue weighted by Gasteiger charge is 2.34. The van der Waals surface area contributed by atoms with Crippen molar-refractivity contribution in [3.63, 3.8) is 0 Å². The Morgan fingerprint density at radius 1 is 1.38 bits per heavy atom. The van der Waals surface area contributed by atoms with Crippen LogP contribution in [0.5, 0.6) is 0 Å². The van der Waals surface area contributed by atoms with E-state index in [1.165, 1.54) is 0 Å². The highest BCUT2D eigenvalue weighted by Crippen LogP contribution is 2.35. The fraction of sp³-hybridized carbons (Fsp3) is 0.875. The summed E-state index contributed by atoms with van der Waals surface area (Å²) in [5.41, 5.74) is -0.322. The number of rotatable bonds is 2. The van der Waals surface area contributed by atoms with E-state index in [9.17, 15) is 13.2 Å². The lowest BCUT2D eigenvalue weighted by atomic mass is 9.81. The standard InChI is InChI=1S/C8H14O4S/c1-8(6-7(9)10)2-4-13(11,12)5-3-8/h2-6H2,1H3,(H,9,10). The molecule has 1 rings (SSSR count). The molecular formula is C8H14O4S. The van der Waals surface area contributed by atoms with Gasteiger partial charge in [0.15, 0.2) is 0 Å². The molecule has 0 bridgehead atoms. The molecule has 1 aliphatic heterocycles. The fourth-order valence-corrected chi connectivity index (χ4v) is 3.38. The molecule has 4 nitrogen and oxygen atoms in total. The molecular weight excluding hydrogens is 192 g/mol. The Kier molecular flexibility index (Phi) is 2.66. The normalized spacial score (nSPS) is 25.3. The average molecular weight is 206 g/mol. The summed E-state index contributed by atoms with van der Waals surface area (Å²) < 4.78 is 22.2. The smallest absolute Gasteiger partial charge is 0.303 e. The van der Waals surface area contributed by atoms with E-state index >= 15 is 0 Å². The van der Waals surface area contributed by atoms with Gasteiger partial charge >= 0.3 is 5.97 Å². The Balaban J connectivity index is 2.61. The van der Waals surface area contributed by atoms with Crippen molar-refractivity contribution in [2.45, 2.75) is 26.2 Å². The Morgan fingerprint density at radius 2 is 1.85 bits per heavy atom. The molecule has 1 saturated heterocycles. The molecule has 0 saturated carbocycles. The van der Waals surface area contributed by atoms with E-state index in [0.717, 1.165) is 0 Å². The zero-order valence-electron chi connectivity index (χ0n) is 7.62. The van der Waals surface area contributed by atoms with E-state index in [0.29, 0.717) is 12.8 Å². The zero-order chi connectivity index (χ0) is 10.1. The Labute approximate surface area is 77.9 Å². The lowest BCUT2D eigenvalue weighted by Crippen LogP contribution is -2.32. The van der Waals surface area contributed by atoms with Crippen molar-refractivity contribution in [3.05, 3.63) is 0 Å². The minimum absolute atomic E-state index is 0.0719. The van der Waals surface area contributed by atoms with Gasteiger partial charge in [0, 0.05) is 0 Å². The SMILES string of the molecule is CC1(CC(=O)O)CCS(=O)(=O)CC1. The number of carboxylic acids is 1. The zero-order valence-corrected chi connectivity index (χ0v) is 8.43. The van der Waals surface area contributed by atoms with Gasteiger partial charge in [-0.2, -0.15) is 0 Å². The number of hydrogen-bond donors (Lipinski definition) is 1.